The zero-order valence-corrected chi connectivity index (χ0v) is 16.8. The van der Waals surface area contributed by atoms with Gasteiger partial charge in [-0.05, 0) is 43.7 Å². The number of thioether (sulfide) groups is 1. The van der Waals surface area contributed by atoms with Crippen molar-refractivity contribution in [3.05, 3.63) is 35.4 Å². The highest BCUT2D eigenvalue weighted by Crippen LogP contribution is 2.35. The van der Waals surface area contributed by atoms with Crippen LogP contribution in [0.1, 0.15) is 55.7 Å². The van der Waals surface area contributed by atoms with E-state index in [1.807, 2.05) is 11.8 Å². The summed E-state index contributed by atoms with van der Waals surface area (Å²) in [7, 11) is 0. The summed E-state index contributed by atoms with van der Waals surface area (Å²) in [5.74, 6) is 1.30. The SMILES string of the molecule is Cc1ccccc1C1CCCN1C(=O)CCCC[C@@H]1SC[C@@H]2NC(=O)N[C@@H]21. The van der Waals surface area contributed by atoms with Gasteiger partial charge in [0.25, 0.3) is 0 Å². The molecule has 3 aliphatic heterocycles. The Morgan fingerprint density at radius 1 is 1.26 bits per heavy atom. The number of unbranched alkanes of at least 4 members (excludes halogenated alkanes) is 1. The summed E-state index contributed by atoms with van der Waals surface area (Å²) in [5.41, 5.74) is 2.59. The Hall–Kier alpha value is -1.69. The molecule has 3 aliphatic rings. The van der Waals surface area contributed by atoms with Gasteiger partial charge in [-0.3, -0.25) is 4.79 Å². The van der Waals surface area contributed by atoms with E-state index in [2.05, 4.69) is 46.7 Å². The van der Waals surface area contributed by atoms with Gasteiger partial charge < -0.3 is 15.5 Å². The van der Waals surface area contributed by atoms with Crippen LogP contribution in [-0.4, -0.2) is 46.5 Å². The maximum Gasteiger partial charge on any atom is 0.315 e. The molecule has 3 heterocycles. The molecule has 0 saturated carbocycles. The van der Waals surface area contributed by atoms with Crippen LogP contribution in [0.15, 0.2) is 24.3 Å². The van der Waals surface area contributed by atoms with Crippen molar-refractivity contribution >= 4 is 23.7 Å². The predicted octanol–water partition coefficient (Wildman–Crippen LogP) is 3.38. The molecular weight excluding hydrogens is 358 g/mol. The Bertz CT molecular complexity index is 710. The van der Waals surface area contributed by atoms with E-state index in [1.54, 1.807) is 0 Å². The first-order valence-electron chi connectivity index (χ1n) is 10.2. The fourth-order valence-corrected chi connectivity index (χ4v) is 6.30. The minimum Gasteiger partial charge on any atom is -0.336 e. The summed E-state index contributed by atoms with van der Waals surface area (Å²) in [6.07, 6.45) is 5.86. The van der Waals surface area contributed by atoms with Gasteiger partial charge in [0.1, 0.15) is 0 Å². The second-order valence-corrected chi connectivity index (χ2v) is 9.24. The predicted molar refractivity (Wildman–Crippen MR) is 109 cm³/mol. The molecule has 0 aliphatic carbocycles. The van der Waals surface area contributed by atoms with Crippen molar-refractivity contribution in [2.45, 2.75) is 68.8 Å². The van der Waals surface area contributed by atoms with Crippen LogP contribution in [0, 0.1) is 6.92 Å². The number of hydrogen-bond acceptors (Lipinski definition) is 3. The highest BCUT2D eigenvalue weighted by molar-refractivity contribution is 8.00. The third-order valence-electron chi connectivity index (χ3n) is 6.19. The van der Waals surface area contributed by atoms with Gasteiger partial charge in [0.05, 0.1) is 18.1 Å². The van der Waals surface area contributed by atoms with Crippen molar-refractivity contribution < 1.29 is 9.59 Å². The largest absolute Gasteiger partial charge is 0.336 e. The molecule has 0 aromatic heterocycles. The van der Waals surface area contributed by atoms with Crippen molar-refractivity contribution in [2.24, 2.45) is 0 Å². The van der Waals surface area contributed by atoms with Gasteiger partial charge in [0, 0.05) is 24.0 Å². The number of amides is 3. The number of aryl methyl sites for hydroxylation is 1. The Kier molecular flexibility index (Phi) is 5.62. The van der Waals surface area contributed by atoms with Gasteiger partial charge in [-0.15, -0.1) is 0 Å². The lowest BCUT2D eigenvalue weighted by atomic mass is 9.99. The maximum absolute atomic E-state index is 12.8. The Balaban J connectivity index is 1.25. The van der Waals surface area contributed by atoms with Gasteiger partial charge in [0.15, 0.2) is 0 Å². The van der Waals surface area contributed by atoms with Crippen LogP contribution in [0.25, 0.3) is 0 Å². The number of likely N-dealkylation sites (tertiary alicyclic amines) is 1. The molecule has 3 amide bonds. The molecule has 3 fully saturated rings. The Morgan fingerprint density at radius 2 is 2.11 bits per heavy atom. The lowest BCUT2D eigenvalue weighted by Crippen LogP contribution is -2.36. The molecule has 1 aromatic carbocycles. The van der Waals surface area contributed by atoms with Crippen molar-refractivity contribution in [3.8, 4) is 0 Å². The molecular formula is C21H29N3O2S. The average Bonchev–Trinajstić information content (AvgIpc) is 3.35. The van der Waals surface area contributed by atoms with E-state index in [4.69, 9.17) is 0 Å². The van der Waals surface area contributed by atoms with Crippen LogP contribution < -0.4 is 10.6 Å². The highest BCUT2D eigenvalue weighted by atomic mass is 32.2. The normalized spacial score (nSPS) is 29.5. The van der Waals surface area contributed by atoms with E-state index in [-0.39, 0.29) is 24.2 Å². The van der Waals surface area contributed by atoms with Crippen LogP contribution in [0.2, 0.25) is 0 Å². The second-order valence-electron chi connectivity index (χ2n) is 7.97. The average molecular weight is 388 g/mol. The minimum absolute atomic E-state index is 0.0261. The quantitative estimate of drug-likeness (QED) is 0.581. The minimum atomic E-state index is -0.0261. The topological polar surface area (TPSA) is 61.4 Å². The molecule has 0 spiro atoms. The maximum atomic E-state index is 12.8. The molecule has 27 heavy (non-hydrogen) atoms. The van der Waals surface area contributed by atoms with Gasteiger partial charge >= 0.3 is 6.03 Å². The van der Waals surface area contributed by atoms with Gasteiger partial charge in [0.2, 0.25) is 5.91 Å². The molecule has 2 N–H and O–H groups in total. The van der Waals surface area contributed by atoms with Crippen LogP contribution in [0.4, 0.5) is 4.79 Å². The molecule has 6 heteroatoms. The van der Waals surface area contributed by atoms with Crippen LogP contribution >= 0.6 is 11.8 Å². The monoisotopic (exact) mass is 387 g/mol. The molecule has 1 aromatic rings. The number of nitrogens with one attached hydrogen (secondary N) is 2. The number of carbonyl (C=O) groups is 2. The van der Waals surface area contributed by atoms with Crippen molar-refractivity contribution in [3.63, 3.8) is 0 Å². The van der Waals surface area contributed by atoms with Crippen molar-refractivity contribution in [1.82, 2.24) is 15.5 Å². The Morgan fingerprint density at radius 3 is 2.96 bits per heavy atom. The molecule has 3 saturated heterocycles. The molecule has 0 bridgehead atoms. The summed E-state index contributed by atoms with van der Waals surface area (Å²) in [5, 5.41) is 6.51. The molecule has 4 rings (SSSR count). The summed E-state index contributed by atoms with van der Waals surface area (Å²) < 4.78 is 0. The number of carbonyl (C=O) groups excluding carboxylic acids is 2. The van der Waals surface area contributed by atoms with Gasteiger partial charge in [-0.1, -0.05) is 30.7 Å². The standard InChI is InChI=1S/C21H29N3O2S/c1-14-7-2-3-8-15(14)17-9-6-12-24(17)19(25)11-5-4-10-18-20-16(13-27-18)22-21(26)23-20/h2-3,7-8,16-18,20H,4-6,9-13H2,1H3,(H2,22,23,26)/t16-,17?,18-,20-/m0/s1. The fraction of sp³-hybridized carbons (Fsp3) is 0.619. The third-order valence-corrected chi connectivity index (χ3v) is 7.70. The summed E-state index contributed by atoms with van der Waals surface area (Å²) in [6, 6.07) is 9.23. The third kappa shape index (κ3) is 3.96. The number of rotatable bonds is 6. The van der Waals surface area contributed by atoms with E-state index in [1.165, 1.54) is 11.1 Å². The zero-order chi connectivity index (χ0) is 18.8. The molecule has 4 atom stereocenters. The lowest BCUT2D eigenvalue weighted by molar-refractivity contribution is -0.132. The zero-order valence-electron chi connectivity index (χ0n) is 15.9. The lowest BCUT2D eigenvalue weighted by Gasteiger charge is -2.26. The first kappa shape index (κ1) is 18.7. The molecule has 146 valence electrons. The molecule has 0 radical (unpaired) electrons. The summed E-state index contributed by atoms with van der Waals surface area (Å²) in [6.45, 7) is 3.03. The van der Waals surface area contributed by atoms with E-state index in [0.717, 1.165) is 44.4 Å². The number of urea groups is 1. The summed E-state index contributed by atoms with van der Waals surface area (Å²) in [4.78, 5) is 26.4. The van der Waals surface area contributed by atoms with Crippen molar-refractivity contribution in [2.75, 3.05) is 12.3 Å². The second kappa shape index (κ2) is 8.13. The number of nitrogens with zero attached hydrogens (tertiary/aromatic N) is 1. The molecule has 5 nitrogen and oxygen atoms in total. The Labute approximate surface area is 165 Å². The van der Waals surface area contributed by atoms with E-state index in [0.29, 0.717) is 17.6 Å². The van der Waals surface area contributed by atoms with Crippen LogP contribution in [-0.2, 0) is 4.79 Å². The first-order chi connectivity index (χ1) is 13.1. The first-order valence-corrected chi connectivity index (χ1v) is 11.2. The van der Waals surface area contributed by atoms with Gasteiger partial charge in [-0.25, -0.2) is 4.79 Å². The highest BCUT2D eigenvalue weighted by Gasteiger charge is 2.42. The van der Waals surface area contributed by atoms with Gasteiger partial charge in [-0.2, -0.15) is 11.8 Å². The smallest absolute Gasteiger partial charge is 0.315 e. The van der Waals surface area contributed by atoms with Crippen molar-refractivity contribution in [1.29, 1.82) is 0 Å². The van der Waals surface area contributed by atoms with E-state index >= 15 is 0 Å². The summed E-state index contributed by atoms with van der Waals surface area (Å²) >= 11 is 1.95. The van der Waals surface area contributed by atoms with E-state index < -0.39 is 0 Å². The van der Waals surface area contributed by atoms with Crippen LogP contribution in [0.5, 0.6) is 0 Å². The number of benzene rings is 1. The van der Waals surface area contributed by atoms with E-state index in [9.17, 15) is 9.59 Å². The number of fused-ring (bicyclic) bond motifs is 1. The number of hydrogen-bond donors (Lipinski definition) is 2. The molecule has 1 unspecified atom stereocenters. The van der Waals surface area contributed by atoms with Crippen LogP contribution in [0.3, 0.4) is 0 Å². The fourth-order valence-electron chi connectivity index (χ4n) is 4.76.